The number of benzene rings is 1. The first kappa shape index (κ1) is 15.7. The van der Waals surface area contributed by atoms with Crippen molar-refractivity contribution in [3.63, 3.8) is 0 Å². The molecule has 0 aliphatic rings. The number of amides is 1. The second-order valence-corrected chi connectivity index (χ2v) is 4.53. The zero-order chi connectivity index (χ0) is 14.1. The average molecular weight is 264 g/mol. The van der Waals surface area contributed by atoms with Gasteiger partial charge in [-0.2, -0.15) is 0 Å². The first-order valence-corrected chi connectivity index (χ1v) is 6.86. The third-order valence-electron chi connectivity index (χ3n) is 2.98. The van der Waals surface area contributed by atoms with Gasteiger partial charge in [-0.05, 0) is 26.3 Å². The molecule has 4 heteroatoms. The number of para-hydroxylation sites is 1. The van der Waals surface area contributed by atoms with E-state index in [0.29, 0.717) is 25.8 Å². The summed E-state index contributed by atoms with van der Waals surface area (Å²) in [7, 11) is 0. The molecule has 0 aliphatic carbocycles. The normalized spacial score (nSPS) is 12.2. The predicted octanol–water partition coefficient (Wildman–Crippen LogP) is 2.55. The number of anilines is 1. The summed E-state index contributed by atoms with van der Waals surface area (Å²) in [6.45, 7) is 7.63. The van der Waals surface area contributed by atoms with Gasteiger partial charge in [0.15, 0.2) is 0 Å². The Morgan fingerprint density at radius 3 is 2.74 bits per heavy atom. The van der Waals surface area contributed by atoms with E-state index in [1.807, 2.05) is 31.2 Å². The molecule has 0 radical (unpaired) electrons. The Labute approximate surface area is 115 Å². The summed E-state index contributed by atoms with van der Waals surface area (Å²) in [5, 5.41) is 6.09. The average Bonchev–Trinajstić information content (AvgIpc) is 2.43. The number of carbonyl (C=O) groups is 1. The van der Waals surface area contributed by atoms with Crippen LogP contribution in [0.1, 0.15) is 32.8 Å². The van der Waals surface area contributed by atoms with Crippen LogP contribution in [0.5, 0.6) is 0 Å². The Morgan fingerprint density at radius 1 is 1.32 bits per heavy atom. The minimum absolute atomic E-state index is 0.0238. The summed E-state index contributed by atoms with van der Waals surface area (Å²) in [6.07, 6.45) is 1.01. The molecule has 1 unspecified atom stereocenters. The molecule has 19 heavy (non-hydrogen) atoms. The van der Waals surface area contributed by atoms with Gasteiger partial charge in [-0.15, -0.1) is 0 Å². The van der Waals surface area contributed by atoms with Crippen LogP contribution < -0.4 is 10.6 Å². The van der Waals surface area contributed by atoms with Crippen LogP contribution in [0.25, 0.3) is 0 Å². The van der Waals surface area contributed by atoms with Crippen molar-refractivity contribution >= 4 is 11.6 Å². The van der Waals surface area contributed by atoms with Crippen LogP contribution in [-0.4, -0.2) is 25.1 Å². The summed E-state index contributed by atoms with van der Waals surface area (Å²) in [4.78, 5) is 11.8. The lowest BCUT2D eigenvalue weighted by atomic mass is 10.2. The Hall–Kier alpha value is -1.39. The number of hydrogen-bond donors (Lipinski definition) is 2. The van der Waals surface area contributed by atoms with Crippen LogP contribution in [-0.2, 0) is 16.1 Å². The van der Waals surface area contributed by atoms with Crippen LogP contribution in [0.4, 0.5) is 5.69 Å². The van der Waals surface area contributed by atoms with Gasteiger partial charge >= 0.3 is 0 Å². The molecule has 0 aliphatic heterocycles. The molecule has 1 aromatic carbocycles. The van der Waals surface area contributed by atoms with Crippen LogP contribution >= 0.6 is 0 Å². The van der Waals surface area contributed by atoms with E-state index in [4.69, 9.17) is 4.74 Å². The van der Waals surface area contributed by atoms with Gasteiger partial charge in [0.2, 0.25) is 5.91 Å². The summed E-state index contributed by atoms with van der Waals surface area (Å²) in [6, 6.07) is 8.07. The molecule has 4 nitrogen and oxygen atoms in total. The minimum atomic E-state index is -0.0238. The molecule has 2 N–H and O–H groups in total. The highest BCUT2D eigenvalue weighted by Crippen LogP contribution is 2.15. The Kier molecular flexibility index (Phi) is 7.15. The van der Waals surface area contributed by atoms with E-state index in [2.05, 4.69) is 24.5 Å². The van der Waals surface area contributed by atoms with Crippen molar-refractivity contribution in [3.8, 4) is 0 Å². The van der Waals surface area contributed by atoms with Crippen molar-refractivity contribution in [1.29, 1.82) is 0 Å². The second kappa shape index (κ2) is 8.67. The summed E-state index contributed by atoms with van der Waals surface area (Å²) in [5.41, 5.74) is 1.83. The molecule has 0 heterocycles. The molecule has 106 valence electrons. The van der Waals surface area contributed by atoms with Crippen molar-refractivity contribution in [2.45, 2.75) is 39.8 Å². The third kappa shape index (κ3) is 5.85. The molecular weight excluding hydrogens is 240 g/mol. The monoisotopic (exact) mass is 264 g/mol. The quantitative estimate of drug-likeness (QED) is 0.758. The molecule has 1 aromatic rings. The number of carbonyl (C=O) groups excluding carboxylic acids is 1. The maximum Gasteiger partial charge on any atom is 0.238 e. The van der Waals surface area contributed by atoms with Gasteiger partial charge in [0.25, 0.3) is 0 Å². The van der Waals surface area contributed by atoms with Crippen LogP contribution in [0.2, 0.25) is 0 Å². The van der Waals surface area contributed by atoms with E-state index in [-0.39, 0.29) is 5.91 Å². The lowest BCUT2D eigenvalue weighted by molar-refractivity contribution is -0.115. The fourth-order valence-electron chi connectivity index (χ4n) is 1.59. The minimum Gasteiger partial charge on any atom is -0.377 e. The number of rotatable bonds is 8. The Morgan fingerprint density at radius 2 is 2.05 bits per heavy atom. The van der Waals surface area contributed by atoms with Gasteiger partial charge in [-0.3, -0.25) is 4.79 Å². The SMILES string of the molecule is CCOCc1ccccc1NC(=O)CNC(C)CC. The van der Waals surface area contributed by atoms with Crippen molar-refractivity contribution < 1.29 is 9.53 Å². The number of nitrogens with one attached hydrogen (secondary N) is 2. The van der Waals surface area contributed by atoms with Gasteiger partial charge in [0, 0.05) is 23.9 Å². The van der Waals surface area contributed by atoms with Gasteiger partial charge in [-0.1, -0.05) is 25.1 Å². The molecule has 0 bridgehead atoms. The number of ether oxygens (including phenoxy) is 1. The molecular formula is C15H24N2O2. The fraction of sp³-hybridized carbons (Fsp3) is 0.533. The lowest BCUT2D eigenvalue weighted by Gasteiger charge is -2.13. The van der Waals surface area contributed by atoms with Gasteiger partial charge < -0.3 is 15.4 Å². The lowest BCUT2D eigenvalue weighted by Crippen LogP contribution is -2.34. The summed E-state index contributed by atoms with van der Waals surface area (Å²) >= 11 is 0. The number of hydrogen-bond acceptors (Lipinski definition) is 3. The van der Waals surface area contributed by atoms with E-state index in [9.17, 15) is 4.79 Å². The van der Waals surface area contributed by atoms with E-state index >= 15 is 0 Å². The zero-order valence-electron chi connectivity index (χ0n) is 12.0. The van der Waals surface area contributed by atoms with Gasteiger partial charge in [-0.25, -0.2) is 0 Å². The zero-order valence-corrected chi connectivity index (χ0v) is 12.0. The van der Waals surface area contributed by atoms with Crippen molar-refractivity contribution in [1.82, 2.24) is 5.32 Å². The summed E-state index contributed by atoms with van der Waals surface area (Å²) < 4.78 is 5.39. The molecule has 1 rings (SSSR count). The maximum atomic E-state index is 11.8. The van der Waals surface area contributed by atoms with Crippen molar-refractivity contribution in [2.24, 2.45) is 0 Å². The molecule has 0 fully saturated rings. The van der Waals surface area contributed by atoms with Crippen LogP contribution in [0.3, 0.4) is 0 Å². The molecule has 0 spiro atoms. The van der Waals surface area contributed by atoms with E-state index < -0.39 is 0 Å². The maximum absolute atomic E-state index is 11.8. The largest absolute Gasteiger partial charge is 0.377 e. The van der Waals surface area contributed by atoms with E-state index in [0.717, 1.165) is 17.7 Å². The third-order valence-corrected chi connectivity index (χ3v) is 2.98. The standard InChI is InChI=1S/C15H24N2O2/c1-4-12(3)16-10-15(18)17-14-9-7-6-8-13(14)11-19-5-2/h6-9,12,16H,4-5,10-11H2,1-3H3,(H,17,18). The second-order valence-electron chi connectivity index (χ2n) is 4.53. The highest BCUT2D eigenvalue weighted by molar-refractivity contribution is 5.92. The van der Waals surface area contributed by atoms with E-state index in [1.165, 1.54) is 0 Å². The van der Waals surface area contributed by atoms with Crippen LogP contribution in [0, 0.1) is 0 Å². The highest BCUT2D eigenvalue weighted by Gasteiger charge is 2.07. The van der Waals surface area contributed by atoms with Gasteiger partial charge in [0.1, 0.15) is 0 Å². The molecule has 1 amide bonds. The fourth-order valence-corrected chi connectivity index (χ4v) is 1.59. The smallest absolute Gasteiger partial charge is 0.238 e. The Balaban J connectivity index is 2.53. The summed E-state index contributed by atoms with van der Waals surface area (Å²) in [5.74, 6) is -0.0238. The topological polar surface area (TPSA) is 50.4 Å². The molecule has 0 saturated heterocycles. The predicted molar refractivity (Wildman–Crippen MR) is 78.2 cm³/mol. The van der Waals surface area contributed by atoms with Crippen molar-refractivity contribution in [3.05, 3.63) is 29.8 Å². The highest BCUT2D eigenvalue weighted by atomic mass is 16.5. The molecule has 0 saturated carbocycles. The first-order valence-electron chi connectivity index (χ1n) is 6.86. The van der Waals surface area contributed by atoms with Crippen LogP contribution in [0.15, 0.2) is 24.3 Å². The Bertz CT molecular complexity index is 393. The van der Waals surface area contributed by atoms with Crippen molar-refractivity contribution in [2.75, 3.05) is 18.5 Å². The molecule has 0 aromatic heterocycles. The first-order chi connectivity index (χ1) is 9.17. The van der Waals surface area contributed by atoms with E-state index in [1.54, 1.807) is 0 Å². The van der Waals surface area contributed by atoms with Gasteiger partial charge in [0.05, 0.1) is 13.2 Å². The molecule has 1 atom stereocenters.